The van der Waals surface area contributed by atoms with E-state index in [1.807, 2.05) is 30.3 Å². The lowest BCUT2D eigenvalue weighted by molar-refractivity contribution is -0.136. The molecule has 1 aromatic carbocycles. The number of carbonyl (C=O) groups excluding carboxylic acids is 2. The quantitative estimate of drug-likeness (QED) is 0.862. The highest BCUT2D eigenvalue weighted by molar-refractivity contribution is 7.10. The summed E-state index contributed by atoms with van der Waals surface area (Å²) in [5.41, 5.74) is 1.52. The molecule has 2 N–H and O–H groups in total. The summed E-state index contributed by atoms with van der Waals surface area (Å²) in [5.74, 6) is 0.0148. The second-order valence-corrected chi connectivity index (χ2v) is 6.36. The van der Waals surface area contributed by atoms with Crippen LogP contribution < -0.4 is 10.6 Å². The SMILES string of the molecule is CC(=O)N1CCO[C@H](CNC(=O)Nc2snnc2-c2ccccc2)C1. The Morgan fingerprint density at radius 2 is 2.16 bits per heavy atom. The Kier molecular flexibility index (Phi) is 5.56. The lowest BCUT2D eigenvalue weighted by Crippen LogP contribution is -2.49. The van der Waals surface area contributed by atoms with Gasteiger partial charge in [0.2, 0.25) is 5.91 Å². The molecule has 132 valence electrons. The Hall–Kier alpha value is -2.52. The number of rotatable bonds is 4. The smallest absolute Gasteiger partial charge is 0.320 e. The molecule has 1 fully saturated rings. The van der Waals surface area contributed by atoms with Crippen molar-refractivity contribution in [2.24, 2.45) is 0 Å². The summed E-state index contributed by atoms with van der Waals surface area (Å²) in [6.07, 6.45) is -0.212. The van der Waals surface area contributed by atoms with Gasteiger partial charge < -0.3 is 15.0 Å². The number of urea groups is 1. The zero-order valence-corrected chi connectivity index (χ0v) is 14.6. The van der Waals surface area contributed by atoms with Crippen LogP contribution in [-0.2, 0) is 9.53 Å². The molecule has 2 aromatic rings. The lowest BCUT2D eigenvalue weighted by atomic mass is 10.2. The number of amides is 3. The number of aromatic nitrogens is 2. The number of anilines is 1. The van der Waals surface area contributed by atoms with Crippen molar-refractivity contribution in [3.05, 3.63) is 30.3 Å². The van der Waals surface area contributed by atoms with Crippen LogP contribution in [-0.4, -0.2) is 58.8 Å². The van der Waals surface area contributed by atoms with E-state index >= 15 is 0 Å². The predicted molar refractivity (Wildman–Crippen MR) is 94.4 cm³/mol. The number of ether oxygens (including phenoxy) is 1. The van der Waals surface area contributed by atoms with Crippen LogP contribution in [0.3, 0.4) is 0 Å². The monoisotopic (exact) mass is 361 g/mol. The number of hydrogen-bond acceptors (Lipinski definition) is 6. The van der Waals surface area contributed by atoms with Crippen LogP contribution in [0.5, 0.6) is 0 Å². The zero-order chi connectivity index (χ0) is 17.6. The Labute approximate surface area is 149 Å². The Balaban J connectivity index is 1.54. The fourth-order valence-electron chi connectivity index (χ4n) is 2.54. The number of benzene rings is 1. The molecule has 0 bridgehead atoms. The van der Waals surface area contributed by atoms with Gasteiger partial charge in [-0.1, -0.05) is 34.8 Å². The van der Waals surface area contributed by atoms with E-state index in [0.29, 0.717) is 36.9 Å². The largest absolute Gasteiger partial charge is 0.373 e. The maximum atomic E-state index is 12.1. The fraction of sp³-hybridized carbons (Fsp3) is 0.375. The summed E-state index contributed by atoms with van der Waals surface area (Å²) < 4.78 is 9.49. The Bertz CT molecular complexity index is 736. The summed E-state index contributed by atoms with van der Waals surface area (Å²) in [7, 11) is 0. The van der Waals surface area contributed by atoms with E-state index in [1.54, 1.807) is 4.90 Å². The van der Waals surface area contributed by atoms with Crippen molar-refractivity contribution in [3.63, 3.8) is 0 Å². The van der Waals surface area contributed by atoms with Gasteiger partial charge in [0.25, 0.3) is 0 Å². The molecular weight excluding hydrogens is 342 g/mol. The molecule has 0 unspecified atom stereocenters. The first-order valence-corrected chi connectivity index (χ1v) is 8.70. The van der Waals surface area contributed by atoms with Gasteiger partial charge in [0, 0.05) is 43.7 Å². The van der Waals surface area contributed by atoms with Crippen molar-refractivity contribution in [3.8, 4) is 11.3 Å². The molecule has 8 nitrogen and oxygen atoms in total. The highest BCUT2D eigenvalue weighted by Gasteiger charge is 2.22. The van der Waals surface area contributed by atoms with Crippen molar-refractivity contribution in [1.29, 1.82) is 0 Å². The first-order valence-electron chi connectivity index (χ1n) is 7.93. The van der Waals surface area contributed by atoms with E-state index in [0.717, 1.165) is 17.1 Å². The molecule has 0 spiro atoms. The van der Waals surface area contributed by atoms with Crippen LogP contribution in [0.25, 0.3) is 11.3 Å². The van der Waals surface area contributed by atoms with Gasteiger partial charge in [-0.05, 0) is 0 Å². The molecule has 25 heavy (non-hydrogen) atoms. The molecule has 1 saturated heterocycles. The average molecular weight is 361 g/mol. The number of morpholine rings is 1. The van der Waals surface area contributed by atoms with Gasteiger partial charge in [-0.2, -0.15) is 0 Å². The highest BCUT2D eigenvalue weighted by Crippen LogP contribution is 2.28. The van der Waals surface area contributed by atoms with Crippen molar-refractivity contribution in [2.45, 2.75) is 13.0 Å². The standard InChI is InChI=1S/C16H19N5O3S/c1-11(22)21-7-8-24-13(10-21)9-17-16(23)18-15-14(19-20-25-15)12-5-3-2-4-6-12/h2-6,13H,7-10H2,1H3,(H2,17,18,23)/t13-/m1/s1. The maximum Gasteiger partial charge on any atom is 0.320 e. The third kappa shape index (κ3) is 4.52. The fourth-order valence-corrected chi connectivity index (χ4v) is 3.13. The van der Waals surface area contributed by atoms with Crippen LogP contribution in [0.15, 0.2) is 30.3 Å². The second kappa shape index (κ2) is 8.04. The van der Waals surface area contributed by atoms with Crippen LogP contribution in [0.1, 0.15) is 6.92 Å². The van der Waals surface area contributed by atoms with Crippen LogP contribution >= 0.6 is 11.5 Å². The summed E-state index contributed by atoms with van der Waals surface area (Å²) in [4.78, 5) is 25.3. The van der Waals surface area contributed by atoms with Crippen molar-refractivity contribution in [2.75, 3.05) is 31.6 Å². The molecular formula is C16H19N5O3S. The topological polar surface area (TPSA) is 96.5 Å². The molecule has 1 aliphatic rings. The number of nitrogens with one attached hydrogen (secondary N) is 2. The van der Waals surface area contributed by atoms with Gasteiger partial charge in [-0.25, -0.2) is 4.79 Å². The van der Waals surface area contributed by atoms with Gasteiger partial charge in [0.1, 0.15) is 10.7 Å². The van der Waals surface area contributed by atoms with Crippen molar-refractivity contribution in [1.82, 2.24) is 19.8 Å². The van der Waals surface area contributed by atoms with Gasteiger partial charge in [-0.3, -0.25) is 10.1 Å². The third-order valence-corrected chi connectivity index (χ3v) is 4.48. The van der Waals surface area contributed by atoms with E-state index in [2.05, 4.69) is 20.2 Å². The molecule has 0 aliphatic carbocycles. The van der Waals surface area contributed by atoms with E-state index < -0.39 is 0 Å². The molecule has 1 atom stereocenters. The number of nitrogens with zero attached hydrogens (tertiary/aromatic N) is 3. The molecule has 1 aliphatic heterocycles. The van der Waals surface area contributed by atoms with E-state index in [4.69, 9.17) is 4.74 Å². The minimum Gasteiger partial charge on any atom is -0.373 e. The van der Waals surface area contributed by atoms with Gasteiger partial charge in [0.15, 0.2) is 0 Å². The van der Waals surface area contributed by atoms with E-state index in [9.17, 15) is 9.59 Å². The Morgan fingerprint density at radius 1 is 1.36 bits per heavy atom. The zero-order valence-electron chi connectivity index (χ0n) is 13.8. The first kappa shape index (κ1) is 17.3. The maximum absolute atomic E-state index is 12.1. The van der Waals surface area contributed by atoms with Gasteiger partial charge in [0.05, 0.1) is 12.7 Å². The first-order chi connectivity index (χ1) is 12.1. The second-order valence-electron chi connectivity index (χ2n) is 5.61. The number of carbonyl (C=O) groups is 2. The molecule has 0 saturated carbocycles. The van der Waals surface area contributed by atoms with Crippen LogP contribution in [0.4, 0.5) is 9.80 Å². The van der Waals surface area contributed by atoms with Gasteiger partial charge >= 0.3 is 6.03 Å². The molecule has 9 heteroatoms. The van der Waals surface area contributed by atoms with E-state index in [1.165, 1.54) is 6.92 Å². The summed E-state index contributed by atoms with van der Waals surface area (Å²) >= 11 is 1.12. The molecule has 3 amide bonds. The summed E-state index contributed by atoms with van der Waals surface area (Å²) in [5, 5.41) is 10.2. The van der Waals surface area contributed by atoms with Crippen molar-refractivity contribution >= 4 is 28.5 Å². The number of hydrogen-bond donors (Lipinski definition) is 2. The van der Waals surface area contributed by atoms with Crippen LogP contribution in [0.2, 0.25) is 0 Å². The molecule has 3 rings (SSSR count). The molecule has 1 aromatic heterocycles. The minimum absolute atomic E-state index is 0.0148. The third-order valence-electron chi connectivity index (χ3n) is 3.84. The minimum atomic E-state index is -0.355. The Morgan fingerprint density at radius 3 is 2.92 bits per heavy atom. The van der Waals surface area contributed by atoms with Gasteiger partial charge in [-0.15, -0.1) is 5.10 Å². The lowest BCUT2D eigenvalue weighted by Gasteiger charge is -2.32. The molecule has 0 radical (unpaired) electrons. The van der Waals surface area contributed by atoms with Crippen LogP contribution in [0, 0.1) is 0 Å². The average Bonchev–Trinajstić information content (AvgIpc) is 3.09. The predicted octanol–water partition coefficient (Wildman–Crippen LogP) is 1.57. The normalized spacial score (nSPS) is 17.2. The highest BCUT2D eigenvalue weighted by atomic mass is 32.1. The van der Waals surface area contributed by atoms with E-state index in [-0.39, 0.29) is 18.0 Å². The summed E-state index contributed by atoms with van der Waals surface area (Å²) in [6.45, 7) is 3.40. The van der Waals surface area contributed by atoms with Crippen molar-refractivity contribution < 1.29 is 14.3 Å². The summed E-state index contributed by atoms with van der Waals surface area (Å²) in [6, 6.07) is 9.18. The molecule has 2 heterocycles.